The van der Waals surface area contributed by atoms with Crippen LogP contribution in [0.5, 0.6) is 0 Å². The van der Waals surface area contributed by atoms with Crippen molar-refractivity contribution < 1.29 is 33.4 Å². The fourth-order valence-corrected chi connectivity index (χ4v) is 15.4. The molecule has 37 heteroatoms. The molecule has 32 nitrogen and oxygen atoms in total. The van der Waals surface area contributed by atoms with Gasteiger partial charge < -0.3 is 69.9 Å². The lowest BCUT2D eigenvalue weighted by atomic mass is 10.2. The van der Waals surface area contributed by atoms with Crippen molar-refractivity contribution in [1.82, 2.24) is 49.3 Å². The Morgan fingerprint density at radius 2 is 0.984 bits per heavy atom. The number of benzene rings is 1. The molecule has 1 amide bonds. The fraction of sp³-hybridized carbons (Fsp3) is 0.389. The molecule has 0 fully saturated rings. The van der Waals surface area contributed by atoms with Gasteiger partial charge in [0, 0.05) is 153 Å². The maximum atomic E-state index is 13.0. The molecule has 0 unspecified atom stereocenters. The number of nitrogens with two attached hydrogens (primary N) is 2. The van der Waals surface area contributed by atoms with Crippen molar-refractivity contribution in [2.24, 2.45) is 10.7 Å². The van der Waals surface area contributed by atoms with E-state index in [9.17, 15) is 34.0 Å². The number of fused-ring (bicyclic) bond motifs is 5. The quantitative estimate of drug-likeness (QED) is 0.0118. The number of nitriles is 3. The molecular formula is C90H128ClN23O9S4. The Morgan fingerprint density at radius 1 is 0.575 bits per heavy atom. The van der Waals surface area contributed by atoms with Crippen LogP contribution in [0, 0.1) is 89.0 Å². The van der Waals surface area contributed by atoms with E-state index in [0.29, 0.717) is 53.4 Å². The van der Waals surface area contributed by atoms with Gasteiger partial charge in [-0.2, -0.15) is 15.8 Å². The van der Waals surface area contributed by atoms with Crippen LogP contribution in [0.3, 0.4) is 0 Å². The molecule has 0 spiro atoms. The number of methoxy groups -OCH3 is 3. The number of carbonyl (C=O) groups excluding carboxylic acids is 4. The Bertz CT molecular complexity index is 5980. The Kier molecular flexibility index (Phi) is 49.7. The number of hydrogen-bond donors (Lipinski definition) is 3. The lowest BCUT2D eigenvalue weighted by molar-refractivity contribution is -0.137. The molecule has 0 atom stereocenters. The number of nitrogens with one attached hydrogen (secondary N) is 1. The number of H-pyrrole nitrogens is 1. The van der Waals surface area contributed by atoms with Crippen molar-refractivity contribution in [3.8, 4) is 23.9 Å². The van der Waals surface area contributed by atoms with E-state index in [-0.39, 0.29) is 91.2 Å². The molecule has 0 bridgehead atoms. The van der Waals surface area contributed by atoms with Crippen molar-refractivity contribution in [3.05, 3.63) is 182 Å². The Morgan fingerprint density at radius 3 is 1.41 bits per heavy atom. The minimum atomic E-state index is -0.675. The van der Waals surface area contributed by atoms with E-state index in [1.807, 2.05) is 222 Å². The zero-order chi connectivity index (χ0) is 90.3. The van der Waals surface area contributed by atoms with Crippen LogP contribution in [-0.4, -0.2) is 219 Å². The first-order valence-corrected chi connectivity index (χ1v) is 40.0. The average molecular weight is 1840 g/mol. The summed E-state index contributed by atoms with van der Waals surface area (Å²) in [6, 6.07) is 25.4. The van der Waals surface area contributed by atoms with Gasteiger partial charge in [0.25, 0.3) is 16.8 Å². The first-order chi connectivity index (χ1) is 56.4. The number of allylic oxidation sites excluding steroid dienone is 1. The van der Waals surface area contributed by atoms with Crippen LogP contribution in [-0.2, 0) is 23.8 Å². The normalized spacial score (nSPS) is 9.98. The van der Waals surface area contributed by atoms with Gasteiger partial charge in [0.1, 0.15) is 91.6 Å². The minimum absolute atomic E-state index is 0. The summed E-state index contributed by atoms with van der Waals surface area (Å²) in [5, 5.41) is 30.3. The number of amides is 1. The van der Waals surface area contributed by atoms with Crippen LogP contribution in [0.2, 0.25) is 5.15 Å². The maximum Gasteiger partial charge on any atom is 0.350 e. The number of anilines is 7. The van der Waals surface area contributed by atoms with Crippen molar-refractivity contribution in [3.63, 3.8) is 0 Å². The summed E-state index contributed by atoms with van der Waals surface area (Å²) in [5.74, 6) is -1.67. The van der Waals surface area contributed by atoms with Gasteiger partial charge in [0.2, 0.25) is 5.91 Å². The van der Waals surface area contributed by atoms with Crippen LogP contribution in [0.15, 0.2) is 98.0 Å². The van der Waals surface area contributed by atoms with E-state index < -0.39 is 17.8 Å². The Hall–Kier alpha value is -13.0. The number of aromatic amines is 1. The number of ether oxygens (including phenoxy) is 3. The van der Waals surface area contributed by atoms with Gasteiger partial charge in [-0.25, -0.2) is 49.3 Å². The zero-order valence-electron chi connectivity index (χ0n) is 72.4. The molecule has 688 valence electrons. The van der Waals surface area contributed by atoms with E-state index in [2.05, 4.69) is 55.5 Å². The third-order valence-corrected chi connectivity index (χ3v) is 21.4. The number of aliphatic imine (C=N–C) groups is 1. The second-order valence-electron chi connectivity index (χ2n) is 28.1. The summed E-state index contributed by atoms with van der Waals surface area (Å²) in [6.07, 6.45) is 3.29. The van der Waals surface area contributed by atoms with Crippen LogP contribution in [0.4, 0.5) is 45.5 Å². The Balaban J connectivity index is -0.00000142. The van der Waals surface area contributed by atoms with Crippen LogP contribution in [0.25, 0.3) is 51.4 Å². The Labute approximate surface area is 771 Å². The third kappa shape index (κ3) is 30.4. The highest BCUT2D eigenvalue weighted by Gasteiger charge is 2.26. The van der Waals surface area contributed by atoms with E-state index >= 15 is 0 Å². The second kappa shape index (κ2) is 53.4. The number of nitrogens with zero attached hydrogens (tertiary/aromatic N) is 20. The SMILES string of the molecule is C.C.C.C.C.C.C.COC(=O)CSc1nc(C)cc(N(C)C)c1C#N.COC(=O)c1sc2nc(C)cc(N(C)C)c2c1N.COC(=O)c1sc2nc(C)cc(N(C)C)c2c1N=CN(C)C.Cc1cc(N(C)C)c(C#N)c(=O)[nH]1.Cc1cc(N(C)C)c(C#N)c(Cl)n1.Cc1ccc(-n2cnc3c(sc4nc(C)cc(N(C)C)c43)c2=O)cc1.[C-]#[N+]/C(C(N)=O)=C(/C)N(C)C. The number of primary amides is 1. The number of rotatable bonds is 16. The predicted molar refractivity (Wildman–Crippen MR) is 535 cm³/mol. The van der Waals surface area contributed by atoms with Gasteiger partial charge in [0.05, 0.1) is 102 Å². The number of hydrogen-bond acceptors (Lipinski definition) is 31. The van der Waals surface area contributed by atoms with Crippen molar-refractivity contribution in [2.45, 2.75) is 112 Å². The molecule has 0 saturated heterocycles. The smallest absolute Gasteiger partial charge is 0.350 e. The van der Waals surface area contributed by atoms with Gasteiger partial charge in [-0.1, -0.05) is 93.0 Å². The van der Waals surface area contributed by atoms with E-state index in [1.54, 1.807) is 75.1 Å². The first kappa shape index (κ1) is 118. The van der Waals surface area contributed by atoms with Crippen LogP contribution in [0.1, 0.15) is 135 Å². The number of aryl methyl sites for hydroxylation is 7. The number of halogens is 1. The number of thiophene rings is 3. The molecule has 0 aliphatic carbocycles. The predicted octanol–water partition coefficient (Wildman–Crippen LogP) is 17.2. The minimum Gasteiger partial charge on any atom is -0.468 e. The van der Waals surface area contributed by atoms with Crippen molar-refractivity contribution >= 4 is 174 Å². The van der Waals surface area contributed by atoms with Gasteiger partial charge in [0.15, 0.2) is 0 Å². The second-order valence-corrected chi connectivity index (χ2v) is 32.4. The molecule has 5 N–H and O–H groups in total. The van der Waals surface area contributed by atoms with Crippen molar-refractivity contribution in [2.75, 3.05) is 175 Å². The number of carbonyl (C=O) groups is 4. The van der Waals surface area contributed by atoms with E-state index in [1.165, 1.54) is 67.1 Å². The number of esters is 3. The standard InChI is InChI=1S/C19H18N4OS.C15H20N4O2S.2C12H15N3O2S.C9H10ClN3.C9H11N3O.C7H11N3O.7CH4/c1-11-5-7-13(8-6-11)23-10-20-16-15-14(22(3)4)9-12(2)21-18(15)25-17(16)19(23)24;1-9-7-10(19(4)5)11-12(16-8-18(2)3)13(15(20)21-6)22-14(11)17-9;1-6-5-7(15(2)3)8-9(13)10(12(16)17-4)18-11(8)14-6;1-8-5-10(15(2)3)9(6-13)12(14-8)18-7-11(16)17-4;1-6-4-8(13(2)3)7(5-11)9(10)12-6;1-6-4-8(12(2)3)7(5-10)9(13)11-6;1-5(10(3)4)6(9-2)7(8)11;;;;;;;/h5-10H,1-4H3;7-8H,1-6H3;5H,13H2,1-4H3;5H,7H2,1-4H3;4H,1-3H3;4H,1-3H3,(H,11,13);1,3-4H3,(H2,8,11);7*1H4/b;;;;;;6-5-;;;;;;;. The highest BCUT2D eigenvalue weighted by Crippen LogP contribution is 2.44. The monoisotopic (exact) mass is 1840 g/mol. The topological polar surface area (TPSA) is 394 Å². The summed E-state index contributed by atoms with van der Waals surface area (Å²) < 4.78 is 16.4. The molecule has 0 radical (unpaired) electrons. The third-order valence-electron chi connectivity index (χ3n) is 16.9. The molecule has 10 aromatic heterocycles. The van der Waals surface area contributed by atoms with E-state index in [0.717, 1.165) is 110 Å². The molecule has 127 heavy (non-hydrogen) atoms. The number of pyridine rings is 6. The molecule has 11 aromatic rings. The fourth-order valence-electron chi connectivity index (χ4n) is 11.0. The molecule has 0 aliphatic heterocycles. The molecule has 11 rings (SSSR count). The molecule has 1 aromatic carbocycles. The number of thioether (sulfide) groups is 1. The highest BCUT2D eigenvalue weighted by molar-refractivity contribution is 8.00. The highest BCUT2D eigenvalue weighted by atomic mass is 35.5. The van der Waals surface area contributed by atoms with Crippen molar-refractivity contribution in [1.29, 1.82) is 15.8 Å². The summed E-state index contributed by atoms with van der Waals surface area (Å²) in [5.41, 5.74) is 26.4. The number of aromatic nitrogens is 8. The summed E-state index contributed by atoms with van der Waals surface area (Å²) in [7, 11) is 34.2. The van der Waals surface area contributed by atoms with Crippen LogP contribution >= 0.6 is 57.4 Å². The lowest BCUT2D eigenvalue weighted by Gasteiger charge is -2.16. The summed E-state index contributed by atoms with van der Waals surface area (Å²) >= 11 is 11.0. The molecule has 0 saturated carbocycles. The van der Waals surface area contributed by atoms with Gasteiger partial charge in [-0.05, 0) is 104 Å². The van der Waals surface area contributed by atoms with Gasteiger partial charge in [-0.15, -0.1) is 34.0 Å². The van der Waals surface area contributed by atoms with E-state index in [4.69, 9.17) is 49.6 Å². The lowest BCUT2D eigenvalue weighted by Crippen LogP contribution is -2.19. The average Bonchev–Trinajstić information content (AvgIpc) is 1.60. The van der Waals surface area contributed by atoms with Gasteiger partial charge in [-0.3, -0.25) is 23.7 Å². The maximum absolute atomic E-state index is 13.0. The number of nitrogen functional groups attached to an aromatic ring is 1. The summed E-state index contributed by atoms with van der Waals surface area (Å²) in [4.78, 5) is 125. The zero-order valence-corrected chi connectivity index (χ0v) is 76.4. The largest absolute Gasteiger partial charge is 0.468 e. The molecule has 10 heterocycles. The molecule has 0 aliphatic rings. The molecular weight excluding hydrogens is 1710 g/mol. The van der Waals surface area contributed by atoms with Crippen LogP contribution < -0.4 is 52.0 Å². The van der Waals surface area contributed by atoms with Gasteiger partial charge >= 0.3 is 17.9 Å². The summed E-state index contributed by atoms with van der Waals surface area (Å²) in [6.45, 7) is 21.7. The first-order valence-electron chi connectivity index (χ1n) is 36.2.